The Kier molecular flexibility index (Phi) is 11.1. The van der Waals surface area contributed by atoms with E-state index in [1.54, 1.807) is 24.9 Å². The molecule has 2 fully saturated rings. The Hall–Kier alpha value is -3.23. The van der Waals surface area contributed by atoms with E-state index in [2.05, 4.69) is 50.2 Å². The minimum atomic E-state index is -0.793. The van der Waals surface area contributed by atoms with Crippen molar-refractivity contribution in [2.24, 2.45) is 17.3 Å². The third-order valence-corrected chi connectivity index (χ3v) is 8.91. The fraction of sp³-hybridized carbons (Fsp3) is 0.545. The summed E-state index contributed by atoms with van der Waals surface area (Å²) in [5, 5.41) is 9.12. The maximum atomic E-state index is 14.6. The van der Waals surface area contributed by atoms with Crippen LogP contribution in [0.15, 0.2) is 66.8 Å². The molecular formula is C33H48N4O4. The minimum absolute atomic E-state index is 0.0755. The van der Waals surface area contributed by atoms with E-state index in [9.17, 15) is 14.4 Å². The summed E-state index contributed by atoms with van der Waals surface area (Å²) >= 11 is 0. The van der Waals surface area contributed by atoms with Crippen LogP contribution in [0.2, 0.25) is 0 Å². The van der Waals surface area contributed by atoms with Gasteiger partial charge in [0.15, 0.2) is 0 Å². The number of fused-ring (bicyclic) bond motifs is 1. The molecule has 0 bridgehead atoms. The Bertz CT molecular complexity index is 1140. The Morgan fingerprint density at radius 2 is 1.78 bits per heavy atom. The number of nitrogens with zero attached hydrogens (tertiary/aromatic N) is 1. The normalized spacial score (nSPS) is 24.2. The number of hydrogen-bond acceptors (Lipinski definition) is 5. The largest absolute Gasteiger partial charge is 0.358 e. The standard InChI is InChI=1S/C33H48N4O4/c1-9-11-15-24(10-2)28(25-16-13-12-14-17-25)36-31(39)29-33(21(3)4,22(5)6)20-27-37(29)32(40)26(18-19-41-27)35-30(38)23(7)34-8/h9-17,21-23,26-29,34H,2,18-20H2,1,3-8H3,(H,35,38)(H,36,39)/b11-9-,24-15+/t23-,26?,27?,28?,29?/m0/s1. The van der Waals surface area contributed by atoms with Crippen molar-refractivity contribution in [3.05, 3.63) is 72.4 Å². The summed E-state index contributed by atoms with van der Waals surface area (Å²) in [6.45, 7) is 16.5. The Labute approximate surface area is 245 Å². The van der Waals surface area contributed by atoms with Gasteiger partial charge in [-0.25, -0.2) is 0 Å². The first-order chi connectivity index (χ1) is 19.5. The molecule has 3 rings (SSSR count). The number of carbonyl (C=O) groups excluding carboxylic acids is 3. The number of likely N-dealkylation sites (N-methyl/N-ethyl adjacent to an activating group) is 1. The first kappa shape index (κ1) is 32.3. The van der Waals surface area contributed by atoms with Crippen LogP contribution in [-0.2, 0) is 19.1 Å². The first-order valence-electron chi connectivity index (χ1n) is 14.7. The smallest absolute Gasteiger partial charge is 0.247 e. The van der Waals surface area contributed by atoms with Gasteiger partial charge in [0.25, 0.3) is 0 Å². The van der Waals surface area contributed by atoms with E-state index in [1.165, 1.54) is 0 Å². The van der Waals surface area contributed by atoms with Gasteiger partial charge < -0.3 is 25.6 Å². The molecule has 1 aromatic rings. The molecule has 0 radical (unpaired) electrons. The predicted molar refractivity (Wildman–Crippen MR) is 163 cm³/mol. The number of rotatable bonds is 11. The van der Waals surface area contributed by atoms with Gasteiger partial charge in [-0.05, 0) is 43.9 Å². The average molecular weight is 565 g/mol. The van der Waals surface area contributed by atoms with Crippen LogP contribution in [-0.4, -0.2) is 60.6 Å². The number of amides is 3. The number of ether oxygens (including phenoxy) is 1. The molecule has 3 N–H and O–H groups in total. The van der Waals surface area contributed by atoms with Crippen LogP contribution in [0.5, 0.6) is 0 Å². The minimum Gasteiger partial charge on any atom is -0.358 e. The molecule has 0 aliphatic carbocycles. The van der Waals surface area contributed by atoms with Crippen molar-refractivity contribution in [3.8, 4) is 0 Å². The van der Waals surface area contributed by atoms with E-state index < -0.39 is 35.8 Å². The second-order valence-electron chi connectivity index (χ2n) is 11.7. The molecule has 2 saturated heterocycles. The topological polar surface area (TPSA) is 99.8 Å². The van der Waals surface area contributed by atoms with Crippen LogP contribution in [0.1, 0.15) is 66.0 Å². The van der Waals surface area contributed by atoms with Gasteiger partial charge in [-0.1, -0.05) is 88.9 Å². The maximum absolute atomic E-state index is 14.6. The summed E-state index contributed by atoms with van der Waals surface area (Å²) in [5.74, 6) is -0.642. The van der Waals surface area contributed by atoms with Gasteiger partial charge in [0, 0.05) is 18.3 Å². The van der Waals surface area contributed by atoms with Gasteiger partial charge in [-0.15, -0.1) is 0 Å². The summed E-state index contributed by atoms with van der Waals surface area (Å²) in [6.07, 6.45) is 7.87. The van der Waals surface area contributed by atoms with E-state index in [-0.39, 0.29) is 29.6 Å². The number of nitrogens with one attached hydrogen (secondary N) is 3. The van der Waals surface area contributed by atoms with Gasteiger partial charge >= 0.3 is 0 Å². The molecule has 3 amide bonds. The van der Waals surface area contributed by atoms with E-state index in [0.717, 1.165) is 11.1 Å². The summed E-state index contributed by atoms with van der Waals surface area (Å²) < 4.78 is 6.26. The summed E-state index contributed by atoms with van der Waals surface area (Å²) in [6, 6.07) is 7.26. The Balaban J connectivity index is 2.09. The average Bonchev–Trinajstić information content (AvgIpc) is 3.25. The fourth-order valence-corrected chi connectivity index (χ4v) is 6.39. The quantitative estimate of drug-likeness (QED) is 0.349. The summed E-state index contributed by atoms with van der Waals surface area (Å²) in [4.78, 5) is 43.2. The van der Waals surface area contributed by atoms with Crippen LogP contribution in [0.3, 0.4) is 0 Å². The molecule has 8 nitrogen and oxygen atoms in total. The van der Waals surface area contributed by atoms with Gasteiger partial charge in [0.2, 0.25) is 17.7 Å². The zero-order valence-corrected chi connectivity index (χ0v) is 25.6. The molecule has 2 heterocycles. The van der Waals surface area contributed by atoms with Crippen molar-refractivity contribution in [3.63, 3.8) is 0 Å². The third-order valence-electron chi connectivity index (χ3n) is 8.91. The second kappa shape index (κ2) is 14.1. The zero-order chi connectivity index (χ0) is 30.3. The van der Waals surface area contributed by atoms with E-state index in [4.69, 9.17) is 4.74 Å². The lowest BCUT2D eigenvalue weighted by molar-refractivity contribution is -0.151. The molecule has 2 aliphatic rings. The molecule has 2 aliphatic heterocycles. The summed E-state index contributed by atoms with van der Waals surface area (Å²) in [5.41, 5.74) is 1.20. The molecule has 4 unspecified atom stereocenters. The highest BCUT2D eigenvalue weighted by molar-refractivity contribution is 5.94. The lowest BCUT2D eigenvalue weighted by atomic mass is 9.63. The van der Waals surface area contributed by atoms with Gasteiger partial charge in [0.05, 0.1) is 18.7 Å². The number of hydrogen-bond donors (Lipinski definition) is 3. The van der Waals surface area contributed by atoms with Crippen LogP contribution < -0.4 is 16.0 Å². The molecule has 0 aromatic heterocycles. The van der Waals surface area contributed by atoms with Crippen molar-refractivity contribution < 1.29 is 19.1 Å². The molecule has 8 heteroatoms. The van der Waals surface area contributed by atoms with Crippen molar-refractivity contribution >= 4 is 17.7 Å². The second-order valence-corrected chi connectivity index (χ2v) is 11.7. The van der Waals surface area contributed by atoms with Crippen molar-refractivity contribution in [1.29, 1.82) is 0 Å². The Morgan fingerprint density at radius 3 is 2.34 bits per heavy atom. The maximum Gasteiger partial charge on any atom is 0.247 e. The predicted octanol–water partition coefficient (Wildman–Crippen LogP) is 4.27. The highest BCUT2D eigenvalue weighted by Gasteiger charge is 2.61. The molecule has 41 heavy (non-hydrogen) atoms. The van der Waals surface area contributed by atoms with Crippen LogP contribution in [0.4, 0.5) is 0 Å². The highest BCUT2D eigenvalue weighted by atomic mass is 16.5. The van der Waals surface area contributed by atoms with Gasteiger partial charge in [-0.2, -0.15) is 0 Å². The van der Waals surface area contributed by atoms with Gasteiger partial charge in [-0.3, -0.25) is 14.4 Å². The van der Waals surface area contributed by atoms with Crippen LogP contribution >= 0.6 is 0 Å². The molecule has 0 spiro atoms. The first-order valence-corrected chi connectivity index (χ1v) is 14.7. The van der Waals surface area contributed by atoms with E-state index >= 15 is 0 Å². The zero-order valence-electron chi connectivity index (χ0n) is 25.6. The van der Waals surface area contributed by atoms with E-state index in [0.29, 0.717) is 19.4 Å². The SMILES string of the molecule is C=C/C(=C\C=C/C)C(NC(=O)C1N2C(=O)C(NC(=O)[C@H](C)NC)CCOC2CC1(C(C)C)C(C)C)c1ccccc1. The van der Waals surface area contributed by atoms with E-state index in [1.807, 2.05) is 55.5 Å². The molecule has 0 saturated carbocycles. The number of carbonyl (C=O) groups is 3. The van der Waals surface area contributed by atoms with Crippen LogP contribution in [0, 0.1) is 17.3 Å². The lowest BCUT2D eigenvalue weighted by Gasteiger charge is -2.44. The fourth-order valence-electron chi connectivity index (χ4n) is 6.39. The van der Waals surface area contributed by atoms with Crippen LogP contribution in [0.25, 0.3) is 0 Å². The van der Waals surface area contributed by atoms with Crippen molar-refractivity contribution in [1.82, 2.24) is 20.9 Å². The van der Waals surface area contributed by atoms with Crippen molar-refractivity contribution in [2.75, 3.05) is 13.7 Å². The number of benzene rings is 1. The summed E-state index contributed by atoms with van der Waals surface area (Å²) in [7, 11) is 1.70. The monoisotopic (exact) mass is 564 g/mol. The van der Waals surface area contributed by atoms with Crippen molar-refractivity contribution in [2.45, 2.75) is 84.8 Å². The lowest BCUT2D eigenvalue weighted by Crippen LogP contribution is -2.60. The molecule has 224 valence electrons. The number of allylic oxidation sites excluding steroid dienone is 3. The highest BCUT2D eigenvalue weighted by Crippen LogP contribution is 2.52. The molecular weight excluding hydrogens is 516 g/mol. The van der Waals surface area contributed by atoms with Gasteiger partial charge in [0.1, 0.15) is 18.3 Å². The molecule has 1 aromatic carbocycles. The Morgan fingerprint density at radius 1 is 1.12 bits per heavy atom. The molecule has 5 atom stereocenters. The third kappa shape index (κ3) is 6.65.